The average molecular weight is 300 g/mol. The minimum atomic E-state index is 0. The molecule has 0 aromatic rings. The van der Waals surface area contributed by atoms with Crippen LogP contribution < -0.4 is 5.32 Å². The van der Waals surface area contributed by atoms with E-state index in [0.717, 1.165) is 25.9 Å². The molecule has 1 heterocycles. The van der Waals surface area contributed by atoms with Crippen molar-refractivity contribution in [3.05, 3.63) is 0 Å². The highest BCUT2D eigenvalue weighted by molar-refractivity contribution is 5.86. The molecule has 0 aliphatic carbocycles. The minimum absolute atomic E-state index is 0. The van der Waals surface area contributed by atoms with Gasteiger partial charge < -0.3 is 10.2 Å². The van der Waals surface area contributed by atoms with E-state index in [1.54, 1.807) is 0 Å². The maximum atomic E-state index is 11.8. The van der Waals surface area contributed by atoms with E-state index in [0.29, 0.717) is 18.9 Å². The normalized spacial score (nSPS) is 16.6. The Morgan fingerprint density at radius 2 is 1.62 bits per heavy atom. The Bertz CT molecular complexity index is 312. The maximum Gasteiger partial charge on any atom is 0.220 e. The largest absolute Gasteiger partial charge is 0.353 e. The summed E-state index contributed by atoms with van der Waals surface area (Å²) in [6, 6.07) is 0.872. The Hall–Kier alpha value is -0.900. The number of rotatable bonds is 6. The summed E-state index contributed by atoms with van der Waals surface area (Å²) in [5, 5.41) is 3.05. The van der Waals surface area contributed by atoms with Gasteiger partial charge in [-0.1, -0.05) is 27.7 Å². The van der Waals surface area contributed by atoms with Crippen LogP contribution in [0.15, 0.2) is 0 Å². The summed E-state index contributed by atoms with van der Waals surface area (Å²) >= 11 is 0. The van der Waals surface area contributed by atoms with Crippen molar-refractivity contribution in [1.29, 1.82) is 0 Å². The molecule has 0 saturated carbocycles. The van der Waals surface area contributed by atoms with Gasteiger partial charge in [0.1, 0.15) is 5.78 Å². The zero-order valence-electron chi connectivity index (χ0n) is 14.7. The molecule has 1 aliphatic rings. The lowest BCUT2D eigenvalue weighted by atomic mass is 10.0. The van der Waals surface area contributed by atoms with Gasteiger partial charge in [0, 0.05) is 45.4 Å². The second-order valence-electron chi connectivity index (χ2n) is 6.09. The van der Waals surface area contributed by atoms with E-state index in [9.17, 15) is 9.59 Å². The Kier molecular flexibility index (Phi) is 10.3. The highest BCUT2D eigenvalue weighted by Crippen LogP contribution is 2.13. The van der Waals surface area contributed by atoms with Crippen molar-refractivity contribution in [2.45, 2.75) is 79.3 Å². The van der Waals surface area contributed by atoms with Crippen LogP contribution in [0.1, 0.15) is 68.7 Å². The number of carbonyl (C=O) groups excluding carboxylic acids is 2. The van der Waals surface area contributed by atoms with Crippen LogP contribution in [0.5, 0.6) is 0 Å². The molecule has 1 N–H and O–H groups in total. The fraction of sp³-hybridized carbons (Fsp3) is 0.882. The van der Waals surface area contributed by atoms with Crippen molar-refractivity contribution in [2.24, 2.45) is 5.92 Å². The van der Waals surface area contributed by atoms with Crippen LogP contribution in [-0.4, -0.2) is 41.8 Å². The van der Waals surface area contributed by atoms with Crippen molar-refractivity contribution in [2.75, 3.05) is 13.1 Å². The molecule has 4 nitrogen and oxygen atoms in total. The van der Waals surface area contributed by atoms with Gasteiger partial charge in [-0.05, 0) is 26.7 Å². The van der Waals surface area contributed by atoms with Crippen LogP contribution in [0.2, 0.25) is 0 Å². The van der Waals surface area contributed by atoms with E-state index in [4.69, 9.17) is 0 Å². The van der Waals surface area contributed by atoms with Gasteiger partial charge in [0.2, 0.25) is 5.91 Å². The van der Waals surface area contributed by atoms with Gasteiger partial charge in [-0.25, -0.2) is 0 Å². The number of ketones is 1. The number of hydrogen-bond acceptors (Lipinski definition) is 3. The van der Waals surface area contributed by atoms with Gasteiger partial charge in [-0.15, -0.1) is 0 Å². The maximum absolute atomic E-state index is 11.8. The van der Waals surface area contributed by atoms with Crippen molar-refractivity contribution >= 4 is 11.7 Å². The summed E-state index contributed by atoms with van der Waals surface area (Å²) in [4.78, 5) is 25.7. The molecule has 21 heavy (non-hydrogen) atoms. The molecule has 0 atom stereocenters. The molecular formula is C17H36N2O2. The second-order valence-corrected chi connectivity index (χ2v) is 6.09. The highest BCUT2D eigenvalue weighted by atomic mass is 16.2. The summed E-state index contributed by atoms with van der Waals surface area (Å²) in [6.07, 6.45) is 2.74. The van der Waals surface area contributed by atoms with Gasteiger partial charge in [-0.2, -0.15) is 0 Å². The lowest BCUT2D eigenvalue weighted by Gasteiger charge is -2.34. The van der Waals surface area contributed by atoms with Crippen LogP contribution in [-0.2, 0) is 9.59 Å². The summed E-state index contributed by atoms with van der Waals surface area (Å²) in [6.45, 7) is 14.3. The first-order valence-corrected chi connectivity index (χ1v) is 8.46. The van der Waals surface area contributed by atoms with E-state index in [2.05, 4.69) is 24.1 Å². The molecule has 0 unspecified atom stereocenters. The second kappa shape index (κ2) is 10.8. The minimum Gasteiger partial charge on any atom is -0.353 e. The zero-order valence-corrected chi connectivity index (χ0v) is 14.7. The number of amides is 1. The van der Waals surface area contributed by atoms with E-state index < -0.39 is 0 Å². The van der Waals surface area contributed by atoms with Crippen LogP contribution in [0.4, 0.5) is 0 Å². The lowest BCUT2D eigenvalue weighted by Crippen LogP contribution is -2.46. The SMILES string of the molecule is CC.CC(C)C(=O)CCC(=O)NC1CCN(C(C)C)CC1.[HH]. The van der Waals surface area contributed by atoms with Crippen molar-refractivity contribution < 1.29 is 11.0 Å². The first-order chi connectivity index (χ1) is 9.90. The smallest absolute Gasteiger partial charge is 0.220 e. The monoisotopic (exact) mass is 300 g/mol. The third-order valence-electron chi connectivity index (χ3n) is 3.87. The molecule has 1 aliphatic heterocycles. The molecule has 0 radical (unpaired) electrons. The molecular weight excluding hydrogens is 264 g/mol. The van der Waals surface area contributed by atoms with E-state index in [1.807, 2.05) is 27.7 Å². The summed E-state index contributed by atoms with van der Waals surface area (Å²) in [7, 11) is 0. The van der Waals surface area contributed by atoms with Gasteiger partial charge in [0.05, 0.1) is 0 Å². The predicted molar refractivity (Wildman–Crippen MR) is 90.4 cm³/mol. The first-order valence-electron chi connectivity index (χ1n) is 8.46. The molecule has 1 fully saturated rings. The molecule has 0 bridgehead atoms. The number of piperidine rings is 1. The fourth-order valence-electron chi connectivity index (χ4n) is 2.39. The average Bonchev–Trinajstić information content (AvgIpc) is 2.47. The van der Waals surface area contributed by atoms with Crippen molar-refractivity contribution in [3.63, 3.8) is 0 Å². The molecule has 126 valence electrons. The molecule has 1 amide bonds. The Morgan fingerprint density at radius 3 is 2.05 bits per heavy atom. The van der Waals surface area contributed by atoms with Gasteiger partial charge in [-0.3, -0.25) is 9.59 Å². The molecule has 1 rings (SSSR count). The number of nitrogens with one attached hydrogen (secondary N) is 1. The summed E-state index contributed by atoms with van der Waals surface area (Å²) in [5.74, 6) is 0.226. The van der Waals surface area contributed by atoms with E-state index in [1.165, 1.54) is 0 Å². The Labute approximate surface area is 132 Å². The van der Waals surface area contributed by atoms with Crippen LogP contribution in [0, 0.1) is 5.92 Å². The number of carbonyl (C=O) groups is 2. The van der Waals surface area contributed by atoms with Crippen molar-refractivity contribution in [1.82, 2.24) is 10.2 Å². The predicted octanol–water partition coefficient (Wildman–Crippen LogP) is 3.25. The number of likely N-dealkylation sites (tertiary alicyclic amines) is 1. The number of hydrogen-bond donors (Lipinski definition) is 1. The third-order valence-corrected chi connectivity index (χ3v) is 3.87. The van der Waals surface area contributed by atoms with Crippen molar-refractivity contribution in [3.8, 4) is 0 Å². The highest BCUT2D eigenvalue weighted by Gasteiger charge is 2.22. The molecule has 1 saturated heterocycles. The Morgan fingerprint density at radius 1 is 1.10 bits per heavy atom. The topological polar surface area (TPSA) is 49.4 Å². The first kappa shape index (κ1) is 20.1. The number of Topliss-reactive ketones (excluding diaryl/α,β-unsaturated/α-hetero) is 1. The Balaban J connectivity index is 0. The van der Waals surface area contributed by atoms with Crippen LogP contribution in [0.3, 0.4) is 0 Å². The molecule has 0 aromatic carbocycles. The third kappa shape index (κ3) is 8.20. The standard InChI is InChI=1S/C15H28N2O2.C2H6.H2/c1-11(2)14(18)5-6-15(19)16-13-7-9-17(10-8-13)12(3)4;1-2;/h11-13H,5-10H2,1-4H3,(H,16,19);1-2H3;1H. The quantitative estimate of drug-likeness (QED) is 0.819. The van der Waals surface area contributed by atoms with Gasteiger partial charge in [0.25, 0.3) is 0 Å². The van der Waals surface area contributed by atoms with E-state index >= 15 is 0 Å². The fourth-order valence-corrected chi connectivity index (χ4v) is 2.39. The lowest BCUT2D eigenvalue weighted by molar-refractivity contribution is -0.127. The molecule has 4 heteroatoms. The summed E-state index contributed by atoms with van der Waals surface area (Å²) in [5.41, 5.74) is 0. The molecule has 0 spiro atoms. The van der Waals surface area contributed by atoms with Gasteiger partial charge in [0.15, 0.2) is 0 Å². The van der Waals surface area contributed by atoms with Crippen LogP contribution >= 0.6 is 0 Å². The number of nitrogens with zero attached hydrogens (tertiary/aromatic N) is 1. The van der Waals surface area contributed by atoms with Crippen LogP contribution in [0.25, 0.3) is 0 Å². The molecule has 0 aromatic heterocycles. The zero-order chi connectivity index (χ0) is 16.4. The summed E-state index contributed by atoms with van der Waals surface area (Å²) < 4.78 is 0. The van der Waals surface area contributed by atoms with E-state index in [-0.39, 0.29) is 25.1 Å². The van der Waals surface area contributed by atoms with Gasteiger partial charge >= 0.3 is 0 Å².